The van der Waals surface area contributed by atoms with Crippen molar-refractivity contribution in [3.05, 3.63) is 42.0 Å². The summed E-state index contributed by atoms with van der Waals surface area (Å²) in [7, 11) is 0. The highest BCUT2D eigenvalue weighted by molar-refractivity contribution is 5.97. The summed E-state index contributed by atoms with van der Waals surface area (Å²) >= 11 is 0. The van der Waals surface area contributed by atoms with Gasteiger partial charge in [-0.15, -0.1) is 0 Å². The minimum Gasteiger partial charge on any atom is -0.489 e. The number of carboxylic acids is 1. The van der Waals surface area contributed by atoms with Crippen LogP contribution in [0.3, 0.4) is 0 Å². The van der Waals surface area contributed by atoms with E-state index in [-0.39, 0.29) is 29.3 Å². The molecular weight excluding hydrogens is 443 g/mol. The third-order valence-electron chi connectivity index (χ3n) is 5.94. The average molecular weight is 469 g/mol. The Kier molecular flexibility index (Phi) is 7.62. The lowest BCUT2D eigenvalue weighted by atomic mass is 9.77. The van der Waals surface area contributed by atoms with Gasteiger partial charge in [-0.1, -0.05) is 24.3 Å². The summed E-state index contributed by atoms with van der Waals surface area (Å²) in [6, 6.07) is 7.25. The van der Waals surface area contributed by atoms with Crippen LogP contribution in [0.25, 0.3) is 0 Å². The van der Waals surface area contributed by atoms with Gasteiger partial charge in [0, 0.05) is 25.2 Å². The highest BCUT2D eigenvalue weighted by atomic mass is 19.4. The second-order valence-electron chi connectivity index (χ2n) is 8.26. The van der Waals surface area contributed by atoms with Gasteiger partial charge < -0.3 is 25.8 Å². The Bertz CT molecular complexity index is 915. The van der Waals surface area contributed by atoms with Crippen molar-refractivity contribution in [3.63, 3.8) is 0 Å². The van der Waals surface area contributed by atoms with E-state index in [1.807, 2.05) is 30.4 Å². The Morgan fingerprint density at radius 3 is 2.30 bits per heavy atom. The van der Waals surface area contributed by atoms with E-state index >= 15 is 0 Å². The van der Waals surface area contributed by atoms with E-state index in [9.17, 15) is 22.8 Å². The normalized spacial score (nSPS) is 25.4. The molecule has 1 saturated carbocycles. The molecule has 4 rings (SSSR count). The molecule has 11 heteroatoms. The van der Waals surface area contributed by atoms with Gasteiger partial charge in [0.25, 0.3) is 5.91 Å². The lowest BCUT2D eigenvalue weighted by molar-refractivity contribution is -0.192. The zero-order valence-corrected chi connectivity index (χ0v) is 17.8. The summed E-state index contributed by atoms with van der Waals surface area (Å²) in [4.78, 5) is 34.5. The van der Waals surface area contributed by atoms with E-state index in [0.29, 0.717) is 37.4 Å². The van der Waals surface area contributed by atoms with Gasteiger partial charge in [0.2, 0.25) is 5.91 Å². The third-order valence-corrected chi connectivity index (χ3v) is 5.94. The minimum absolute atomic E-state index is 0.0103. The van der Waals surface area contributed by atoms with Crippen molar-refractivity contribution in [1.82, 2.24) is 16.0 Å². The number of benzene rings is 1. The molecule has 2 heterocycles. The van der Waals surface area contributed by atoms with Gasteiger partial charge in [0.15, 0.2) is 0 Å². The lowest BCUT2D eigenvalue weighted by Gasteiger charge is -2.41. The number of rotatable bonds is 0. The standard InChI is InChI=1S/C20H25N3O3.C2HF3O2/c24-18-14-6-1-2-9-17(14)26-11-4-3-10-20(12-21-13-20)19(25)23-16-8-5-7-15(16)22-18;3-2(4,5)1(6)7/h1-4,6,9,15-16,21H,5,7-8,10-13H2,(H,22,24)(H,23,25);(H,6,7)/b4-3+;/t15-,16-;/m1./s1. The number of alkyl halides is 3. The van der Waals surface area contributed by atoms with Crippen molar-refractivity contribution in [2.75, 3.05) is 19.7 Å². The molecule has 180 valence electrons. The molecule has 1 aromatic carbocycles. The molecular formula is C22H26F3N3O5. The van der Waals surface area contributed by atoms with Crippen LogP contribution < -0.4 is 20.7 Å². The van der Waals surface area contributed by atoms with Crippen LogP contribution in [-0.2, 0) is 9.59 Å². The van der Waals surface area contributed by atoms with Crippen molar-refractivity contribution in [3.8, 4) is 5.75 Å². The molecule has 0 radical (unpaired) electrons. The number of aliphatic carboxylic acids is 1. The predicted octanol–water partition coefficient (Wildman–Crippen LogP) is 2.02. The molecule has 1 spiro atoms. The van der Waals surface area contributed by atoms with Crippen molar-refractivity contribution in [1.29, 1.82) is 0 Å². The number of carbonyl (C=O) groups is 3. The number of hydrogen-bond acceptors (Lipinski definition) is 5. The van der Waals surface area contributed by atoms with Gasteiger partial charge in [0.05, 0.1) is 11.0 Å². The second kappa shape index (κ2) is 10.2. The zero-order valence-electron chi connectivity index (χ0n) is 17.8. The number of halogens is 3. The summed E-state index contributed by atoms with van der Waals surface area (Å²) in [5.41, 5.74) is 0.157. The highest BCUT2D eigenvalue weighted by Crippen LogP contribution is 2.30. The summed E-state index contributed by atoms with van der Waals surface area (Å²) in [5, 5.41) is 16.7. The number of para-hydroxylation sites is 1. The molecule has 8 nitrogen and oxygen atoms in total. The fourth-order valence-electron chi connectivity index (χ4n) is 3.99. The number of carbonyl (C=O) groups excluding carboxylic acids is 2. The number of ether oxygens (including phenoxy) is 1. The van der Waals surface area contributed by atoms with Gasteiger partial charge >= 0.3 is 12.1 Å². The molecule has 0 bridgehead atoms. The van der Waals surface area contributed by atoms with E-state index in [4.69, 9.17) is 14.6 Å². The molecule has 33 heavy (non-hydrogen) atoms. The SMILES string of the molecule is O=C(O)C(F)(F)F.O=C1N[C@@H]2CCC[C@H]2NC(=O)C2(C/C=C/COc3ccccc31)CNC2. The first-order chi connectivity index (χ1) is 15.6. The Morgan fingerprint density at radius 2 is 1.70 bits per heavy atom. The van der Waals surface area contributed by atoms with E-state index in [1.54, 1.807) is 6.07 Å². The van der Waals surface area contributed by atoms with Gasteiger partial charge in [-0.3, -0.25) is 9.59 Å². The van der Waals surface area contributed by atoms with Gasteiger partial charge in [-0.2, -0.15) is 13.2 Å². The largest absolute Gasteiger partial charge is 0.490 e. The Hall–Kier alpha value is -3.08. The minimum atomic E-state index is -5.08. The maximum atomic E-state index is 12.9. The number of allylic oxidation sites excluding steroid dienone is 1. The Balaban J connectivity index is 0.000000383. The van der Waals surface area contributed by atoms with Crippen LogP contribution in [0.1, 0.15) is 36.0 Å². The first-order valence-corrected chi connectivity index (χ1v) is 10.6. The lowest BCUT2D eigenvalue weighted by Crippen LogP contribution is -2.63. The molecule has 1 aliphatic carbocycles. The molecule has 2 fully saturated rings. The van der Waals surface area contributed by atoms with E-state index in [0.717, 1.165) is 19.3 Å². The second-order valence-corrected chi connectivity index (χ2v) is 8.26. The van der Waals surface area contributed by atoms with Gasteiger partial charge in [-0.25, -0.2) is 4.79 Å². The van der Waals surface area contributed by atoms with Crippen molar-refractivity contribution >= 4 is 17.8 Å². The smallest absolute Gasteiger partial charge is 0.489 e. The van der Waals surface area contributed by atoms with Gasteiger partial charge in [0.1, 0.15) is 12.4 Å². The van der Waals surface area contributed by atoms with Crippen LogP contribution in [0.15, 0.2) is 36.4 Å². The van der Waals surface area contributed by atoms with Crippen molar-refractivity contribution < 1.29 is 37.4 Å². The molecule has 2 atom stereocenters. The number of fused-ring (bicyclic) bond motifs is 2. The first-order valence-electron chi connectivity index (χ1n) is 10.6. The molecule has 3 aliphatic rings. The molecule has 2 aliphatic heterocycles. The molecule has 1 aromatic rings. The number of hydrogen-bond donors (Lipinski definition) is 4. The third kappa shape index (κ3) is 6.04. The van der Waals surface area contributed by atoms with E-state index in [1.165, 1.54) is 0 Å². The first kappa shape index (κ1) is 24.6. The Labute approximate surface area is 188 Å². The van der Waals surface area contributed by atoms with E-state index < -0.39 is 12.1 Å². The average Bonchev–Trinajstić information content (AvgIpc) is 3.15. The summed E-state index contributed by atoms with van der Waals surface area (Å²) in [5.74, 6) is -2.23. The summed E-state index contributed by atoms with van der Waals surface area (Å²) in [6.45, 7) is 1.76. The highest BCUT2D eigenvalue weighted by Gasteiger charge is 2.45. The number of amides is 2. The van der Waals surface area contributed by atoms with Crippen molar-refractivity contribution in [2.45, 2.75) is 43.9 Å². The van der Waals surface area contributed by atoms with E-state index in [2.05, 4.69) is 16.0 Å². The van der Waals surface area contributed by atoms with Crippen LogP contribution in [0.2, 0.25) is 0 Å². The predicted molar refractivity (Wildman–Crippen MR) is 112 cm³/mol. The monoisotopic (exact) mass is 469 g/mol. The maximum absolute atomic E-state index is 12.9. The van der Waals surface area contributed by atoms with Crippen LogP contribution in [-0.4, -0.2) is 60.8 Å². The Morgan fingerprint density at radius 1 is 1.06 bits per heavy atom. The maximum Gasteiger partial charge on any atom is 0.490 e. The van der Waals surface area contributed by atoms with Crippen LogP contribution in [0, 0.1) is 5.41 Å². The molecule has 1 saturated heterocycles. The van der Waals surface area contributed by atoms with Crippen LogP contribution in [0.5, 0.6) is 5.75 Å². The zero-order chi connectivity index (χ0) is 24.1. The molecule has 0 aromatic heterocycles. The van der Waals surface area contributed by atoms with Crippen LogP contribution >= 0.6 is 0 Å². The quantitative estimate of drug-likeness (QED) is 0.432. The topological polar surface area (TPSA) is 117 Å². The number of nitrogens with one attached hydrogen (secondary N) is 3. The van der Waals surface area contributed by atoms with Crippen LogP contribution in [0.4, 0.5) is 13.2 Å². The molecule has 4 N–H and O–H groups in total. The summed E-state index contributed by atoms with van der Waals surface area (Å²) in [6.07, 6.45) is 2.33. The molecule has 0 unspecified atom stereocenters. The fraction of sp³-hybridized carbons (Fsp3) is 0.500. The number of carboxylic acid groups (broad SMARTS) is 1. The van der Waals surface area contributed by atoms with Crippen molar-refractivity contribution in [2.24, 2.45) is 5.41 Å². The molecule has 2 amide bonds. The summed E-state index contributed by atoms with van der Waals surface area (Å²) < 4.78 is 37.5. The fourth-order valence-corrected chi connectivity index (χ4v) is 3.99. The van der Waals surface area contributed by atoms with Gasteiger partial charge in [-0.05, 0) is 37.8 Å².